The van der Waals surface area contributed by atoms with Crippen molar-refractivity contribution in [3.05, 3.63) is 0 Å². The van der Waals surface area contributed by atoms with Crippen molar-refractivity contribution in [2.75, 3.05) is 13.2 Å². The smallest absolute Gasteiger partial charge is 0.411 e. The highest BCUT2D eigenvalue weighted by Gasteiger charge is 2.56. The number of hydrogen-bond acceptors (Lipinski definition) is 5. The van der Waals surface area contributed by atoms with Crippen molar-refractivity contribution < 1.29 is 24.5 Å². The summed E-state index contributed by atoms with van der Waals surface area (Å²) >= 11 is 0. The first-order valence-electron chi connectivity index (χ1n) is 8.12. The fourth-order valence-electron chi connectivity index (χ4n) is 2.46. The molecular formula is C16H30N2O5. The number of nitrogens with two attached hydrogens (primary N) is 1. The monoisotopic (exact) mass is 330 g/mol. The van der Waals surface area contributed by atoms with Crippen molar-refractivity contribution in [3.63, 3.8) is 0 Å². The first-order valence-corrected chi connectivity index (χ1v) is 8.12. The number of aliphatic hydroxyl groups excluding tert-OH is 1. The van der Waals surface area contributed by atoms with Crippen LogP contribution >= 0.6 is 0 Å². The average Bonchev–Trinajstić information content (AvgIpc) is 3.06. The van der Waals surface area contributed by atoms with Crippen molar-refractivity contribution >= 4 is 12.1 Å². The predicted molar refractivity (Wildman–Crippen MR) is 86.0 cm³/mol. The summed E-state index contributed by atoms with van der Waals surface area (Å²) in [6, 6.07) is -0.725. The van der Waals surface area contributed by atoms with E-state index >= 15 is 0 Å². The summed E-state index contributed by atoms with van der Waals surface area (Å²) in [7, 11) is 0. The van der Waals surface area contributed by atoms with Gasteiger partial charge in [0.25, 0.3) is 0 Å². The second-order valence-corrected chi connectivity index (χ2v) is 7.52. The number of likely N-dealkylation sites (tertiary alicyclic amines) is 1. The van der Waals surface area contributed by atoms with Crippen molar-refractivity contribution in [3.8, 4) is 0 Å². The van der Waals surface area contributed by atoms with Gasteiger partial charge in [-0.25, -0.2) is 9.59 Å². The minimum atomic E-state index is -0.931. The van der Waals surface area contributed by atoms with Gasteiger partial charge in [-0.05, 0) is 51.9 Å². The lowest BCUT2D eigenvalue weighted by atomic mass is 10.0. The number of amides is 1. The molecule has 134 valence electrons. The minimum Gasteiger partial charge on any atom is -0.480 e. The van der Waals surface area contributed by atoms with E-state index in [2.05, 4.69) is 0 Å². The van der Waals surface area contributed by atoms with Crippen LogP contribution in [0.5, 0.6) is 0 Å². The zero-order chi connectivity index (χ0) is 17.8. The maximum atomic E-state index is 11.9. The zero-order valence-corrected chi connectivity index (χ0v) is 14.5. The van der Waals surface area contributed by atoms with Crippen LogP contribution in [-0.2, 0) is 9.53 Å². The molecule has 7 nitrogen and oxygen atoms in total. The highest BCUT2D eigenvalue weighted by atomic mass is 16.6. The van der Waals surface area contributed by atoms with Crippen molar-refractivity contribution in [2.24, 2.45) is 11.1 Å². The number of carbonyl (C=O) groups excluding carboxylic acids is 1. The molecule has 1 heterocycles. The van der Waals surface area contributed by atoms with E-state index in [1.807, 2.05) is 6.92 Å². The zero-order valence-electron chi connectivity index (χ0n) is 14.5. The summed E-state index contributed by atoms with van der Waals surface area (Å²) < 4.78 is 5.25. The standard InChI is InChI=1S/C12H19NO4.C4H11NO/c1-11(2,3)17-10(16)13-7-12(4-5-12)6-8(13)9(14)15;1-2-4(5)3-6/h8H,4-7H2,1-3H3,(H,14,15);4,6H,2-3,5H2,1H3/t8-;4-/m01/s1. The molecule has 0 aromatic rings. The van der Waals surface area contributed by atoms with Gasteiger partial charge >= 0.3 is 12.1 Å². The summed E-state index contributed by atoms with van der Waals surface area (Å²) in [6.07, 6.45) is 2.97. The van der Waals surface area contributed by atoms with Crippen LogP contribution in [0.2, 0.25) is 0 Å². The number of nitrogens with zero attached hydrogens (tertiary/aromatic N) is 1. The molecule has 1 aliphatic heterocycles. The number of hydrogen-bond donors (Lipinski definition) is 3. The lowest BCUT2D eigenvalue weighted by molar-refractivity contribution is -0.142. The van der Waals surface area contributed by atoms with Crippen LogP contribution in [0.4, 0.5) is 4.79 Å². The molecule has 2 aliphatic rings. The molecule has 0 radical (unpaired) electrons. The highest BCUT2D eigenvalue weighted by molar-refractivity contribution is 5.81. The van der Waals surface area contributed by atoms with E-state index in [-0.39, 0.29) is 18.1 Å². The summed E-state index contributed by atoms with van der Waals surface area (Å²) in [6.45, 7) is 7.92. The van der Waals surface area contributed by atoms with Crippen molar-refractivity contribution in [1.29, 1.82) is 0 Å². The second-order valence-electron chi connectivity index (χ2n) is 7.52. The molecule has 2 fully saturated rings. The van der Waals surface area contributed by atoms with E-state index in [0.29, 0.717) is 13.0 Å². The van der Waals surface area contributed by atoms with Crippen LogP contribution in [0.25, 0.3) is 0 Å². The molecule has 23 heavy (non-hydrogen) atoms. The molecule has 0 bridgehead atoms. The van der Waals surface area contributed by atoms with Gasteiger partial charge in [-0.1, -0.05) is 6.92 Å². The molecule has 1 amide bonds. The van der Waals surface area contributed by atoms with Gasteiger partial charge in [0, 0.05) is 12.6 Å². The Morgan fingerprint density at radius 2 is 1.96 bits per heavy atom. The summed E-state index contributed by atoms with van der Waals surface area (Å²) in [4.78, 5) is 24.5. The summed E-state index contributed by atoms with van der Waals surface area (Å²) in [5.41, 5.74) is 4.71. The lowest BCUT2D eigenvalue weighted by Crippen LogP contribution is -2.43. The molecule has 1 aliphatic carbocycles. The van der Waals surface area contributed by atoms with Gasteiger partial charge in [-0.15, -0.1) is 0 Å². The number of aliphatic hydroxyl groups is 1. The maximum Gasteiger partial charge on any atom is 0.411 e. The highest BCUT2D eigenvalue weighted by Crippen LogP contribution is 2.54. The van der Waals surface area contributed by atoms with E-state index < -0.39 is 23.7 Å². The SMILES string of the molecule is CC(C)(C)OC(=O)N1CC2(CC2)C[C@H]1C(=O)O.CC[C@@H](N)CO. The van der Waals surface area contributed by atoms with Gasteiger partial charge in [-0.2, -0.15) is 0 Å². The molecule has 0 aromatic carbocycles. The molecule has 1 saturated heterocycles. The van der Waals surface area contributed by atoms with Gasteiger partial charge in [0.1, 0.15) is 11.6 Å². The Morgan fingerprint density at radius 1 is 1.39 bits per heavy atom. The Hall–Kier alpha value is -1.34. The molecule has 1 saturated carbocycles. The minimum absolute atomic E-state index is 0.00926. The van der Waals surface area contributed by atoms with Crippen LogP contribution < -0.4 is 5.73 Å². The Labute approximate surface area is 137 Å². The molecule has 7 heteroatoms. The van der Waals surface area contributed by atoms with E-state index in [1.54, 1.807) is 20.8 Å². The van der Waals surface area contributed by atoms with Gasteiger partial charge in [0.05, 0.1) is 6.61 Å². The first-order chi connectivity index (χ1) is 10.5. The van der Waals surface area contributed by atoms with Crippen molar-refractivity contribution in [1.82, 2.24) is 4.90 Å². The Morgan fingerprint density at radius 3 is 2.26 bits per heavy atom. The third-order valence-corrected chi connectivity index (χ3v) is 4.14. The third-order valence-electron chi connectivity index (χ3n) is 4.14. The van der Waals surface area contributed by atoms with Crippen LogP contribution in [-0.4, -0.2) is 58.0 Å². The third kappa shape index (κ3) is 5.99. The quantitative estimate of drug-likeness (QED) is 0.724. The molecule has 2 atom stereocenters. The Kier molecular flexibility index (Phi) is 6.41. The van der Waals surface area contributed by atoms with Crippen LogP contribution in [0.3, 0.4) is 0 Å². The first kappa shape index (κ1) is 19.7. The topological polar surface area (TPSA) is 113 Å². The number of ether oxygens (including phenoxy) is 1. The molecule has 4 N–H and O–H groups in total. The van der Waals surface area contributed by atoms with Gasteiger partial charge < -0.3 is 20.7 Å². The van der Waals surface area contributed by atoms with E-state index in [9.17, 15) is 9.59 Å². The fourth-order valence-corrected chi connectivity index (χ4v) is 2.46. The normalized spacial score (nSPS) is 23.0. The van der Waals surface area contributed by atoms with E-state index in [1.165, 1.54) is 4.90 Å². The lowest BCUT2D eigenvalue weighted by Gasteiger charge is -2.26. The number of carbonyl (C=O) groups is 2. The number of carboxylic acids is 1. The maximum absolute atomic E-state index is 11.9. The van der Waals surface area contributed by atoms with Crippen LogP contribution in [0.1, 0.15) is 53.4 Å². The predicted octanol–water partition coefficient (Wildman–Crippen LogP) is 1.58. The average molecular weight is 330 g/mol. The van der Waals surface area contributed by atoms with E-state index in [0.717, 1.165) is 19.3 Å². The van der Waals surface area contributed by atoms with E-state index in [4.69, 9.17) is 20.7 Å². The van der Waals surface area contributed by atoms with Crippen LogP contribution in [0, 0.1) is 5.41 Å². The Bertz CT molecular complexity index is 425. The number of rotatable bonds is 3. The summed E-state index contributed by atoms with van der Waals surface area (Å²) in [5.74, 6) is -0.931. The number of aliphatic carboxylic acids is 1. The Balaban J connectivity index is 0.000000379. The second kappa shape index (κ2) is 7.49. The number of carboxylic acid groups (broad SMARTS) is 1. The van der Waals surface area contributed by atoms with Crippen LogP contribution in [0.15, 0.2) is 0 Å². The summed E-state index contributed by atoms with van der Waals surface area (Å²) in [5, 5.41) is 17.4. The van der Waals surface area contributed by atoms with Gasteiger partial charge in [0.2, 0.25) is 0 Å². The molecular weight excluding hydrogens is 300 g/mol. The molecule has 0 unspecified atom stereocenters. The fraction of sp³-hybridized carbons (Fsp3) is 0.875. The largest absolute Gasteiger partial charge is 0.480 e. The molecule has 2 rings (SSSR count). The van der Waals surface area contributed by atoms with Gasteiger partial charge in [-0.3, -0.25) is 4.90 Å². The molecule has 0 aromatic heterocycles. The van der Waals surface area contributed by atoms with Gasteiger partial charge in [0.15, 0.2) is 0 Å². The van der Waals surface area contributed by atoms with Crippen molar-refractivity contribution in [2.45, 2.75) is 71.1 Å². The molecule has 1 spiro atoms.